The number of amides is 2. The zero-order chi connectivity index (χ0) is 14.0. The zero-order valence-corrected chi connectivity index (χ0v) is 11.1. The van der Waals surface area contributed by atoms with Crippen LogP contribution in [0, 0.1) is 0 Å². The molecule has 0 bridgehead atoms. The Morgan fingerprint density at radius 2 is 1.89 bits per heavy atom. The lowest BCUT2D eigenvalue weighted by atomic mass is 10.2. The minimum Gasteiger partial charge on any atom is -0.477 e. The molecule has 19 heavy (non-hydrogen) atoms. The maximum atomic E-state index is 11.1. The highest BCUT2D eigenvalue weighted by Gasteiger charge is 2.17. The van der Waals surface area contributed by atoms with E-state index >= 15 is 0 Å². The number of nitrogens with two attached hydrogens (primary N) is 1. The van der Waals surface area contributed by atoms with E-state index < -0.39 is 12.0 Å². The highest BCUT2D eigenvalue weighted by Crippen LogP contribution is 2.35. The van der Waals surface area contributed by atoms with Gasteiger partial charge in [0.15, 0.2) is 0 Å². The quantitative estimate of drug-likeness (QED) is 0.811. The molecule has 1 aromatic heterocycles. The van der Waals surface area contributed by atoms with E-state index in [1.54, 1.807) is 30.3 Å². The van der Waals surface area contributed by atoms with Crippen LogP contribution in [0.2, 0.25) is 5.02 Å². The number of anilines is 1. The van der Waals surface area contributed by atoms with E-state index in [4.69, 9.17) is 22.4 Å². The number of carboxylic acids is 1. The predicted molar refractivity (Wildman–Crippen MR) is 74.9 cm³/mol. The minimum atomic E-state index is -1.12. The maximum absolute atomic E-state index is 11.1. The molecule has 0 fully saturated rings. The summed E-state index contributed by atoms with van der Waals surface area (Å²) in [7, 11) is 0. The Morgan fingerprint density at radius 1 is 1.26 bits per heavy atom. The number of nitrogens with one attached hydrogen (secondary N) is 1. The number of primary amides is 1. The first kappa shape index (κ1) is 13.4. The number of carboxylic acid groups (broad SMARTS) is 1. The molecule has 5 nitrogen and oxygen atoms in total. The van der Waals surface area contributed by atoms with E-state index in [-0.39, 0.29) is 10.6 Å². The van der Waals surface area contributed by atoms with Gasteiger partial charge in [-0.25, -0.2) is 9.59 Å². The zero-order valence-electron chi connectivity index (χ0n) is 9.51. The minimum absolute atomic E-state index is 0.0313. The van der Waals surface area contributed by atoms with Gasteiger partial charge in [-0.05, 0) is 23.8 Å². The number of rotatable bonds is 3. The normalized spacial score (nSPS) is 10.2. The lowest BCUT2D eigenvalue weighted by Crippen LogP contribution is -2.20. The van der Waals surface area contributed by atoms with Crippen LogP contribution in [0.5, 0.6) is 0 Å². The van der Waals surface area contributed by atoms with E-state index in [0.29, 0.717) is 9.90 Å². The summed E-state index contributed by atoms with van der Waals surface area (Å²) in [6.07, 6.45) is 0. The first-order valence-electron chi connectivity index (χ1n) is 5.17. The molecule has 2 rings (SSSR count). The van der Waals surface area contributed by atoms with E-state index in [0.717, 1.165) is 16.9 Å². The Hall–Kier alpha value is -2.05. The molecule has 0 aliphatic carbocycles. The largest absolute Gasteiger partial charge is 0.477 e. The van der Waals surface area contributed by atoms with Gasteiger partial charge in [0.05, 0.1) is 5.69 Å². The number of carbonyl (C=O) groups is 2. The van der Waals surface area contributed by atoms with E-state index in [1.807, 2.05) is 0 Å². The predicted octanol–water partition coefficient (Wildman–Crippen LogP) is 3.26. The van der Waals surface area contributed by atoms with Gasteiger partial charge in [0.25, 0.3) is 0 Å². The fourth-order valence-electron chi connectivity index (χ4n) is 1.53. The van der Waals surface area contributed by atoms with Gasteiger partial charge in [-0.15, -0.1) is 11.3 Å². The number of hydrogen-bond acceptors (Lipinski definition) is 3. The molecule has 0 radical (unpaired) electrons. The molecule has 0 unspecified atom stereocenters. The van der Waals surface area contributed by atoms with Crippen LogP contribution < -0.4 is 11.1 Å². The molecular formula is C12H9ClN2O3S. The average Bonchev–Trinajstić information content (AvgIpc) is 2.73. The maximum Gasteiger partial charge on any atom is 0.348 e. The number of aromatic carboxylic acids is 1. The van der Waals surface area contributed by atoms with E-state index in [9.17, 15) is 9.59 Å². The van der Waals surface area contributed by atoms with Crippen molar-refractivity contribution in [3.8, 4) is 10.4 Å². The van der Waals surface area contributed by atoms with Gasteiger partial charge < -0.3 is 16.2 Å². The van der Waals surface area contributed by atoms with Crippen molar-refractivity contribution < 1.29 is 14.7 Å². The van der Waals surface area contributed by atoms with Crippen LogP contribution in [0.25, 0.3) is 10.4 Å². The molecule has 0 spiro atoms. The third kappa shape index (κ3) is 3.04. The molecule has 2 amide bonds. The number of benzene rings is 1. The standard InChI is InChI=1S/C12H9ClN2O3S/c13-7-3-1-6(2-4-7)9-5-8(15-12(14)18)10(19-9)11(16)17/h1-5H,(H,16,17)(H3,14,15,18). The molecule has 0 atom stereocenters. The lowest BCUT2D eigenvalue weighted by molar-refractivity contribution is 0.0703. The molecule has 2 aromatic rings. The van der Waals surface area contributed by atoms with Gasteiger partial charge in [0.2, 0.25) is 0 Å². The smallest absolute Gasteiger partial charge is 0.348 e. The molecule has 1 aromatic carbocycles. The second-order valence-electron chi connectivity index (χ2n) is 3.65. The summed E-state index contributed by atoms with van der Waals surface area (Å²) in [6.45, 7) is 0. The molecule has 4 N–H and O–H groups in total. The van der Waals surface area contributed by atoms with Gasteiger partial charge in [0.1, 0.15) is 4.88 Å². The molecule has 0 aliphatic heterocycles. The van der Waals surface area contributed by atoms with Crippen LogP contribution >= 0.6 is 22.9 Å². The summed E-state index contributed by atoms with van der Waals surface area (Å²) in [5.41, 5.74) is 6.01. The molecule has 0 saturated carbocycles. The van der Waals surface area contributed by atoms with Crippen LogP contribution in [0.4, 0.5) is 10.5 Å². The summed E-state index contributed by atoms with van der Waals surface area (Å²) in [4.78, 5) is 22.7. The van der Waals surface area contributed by atoms with Crippen molar-refractivity contribution in [2.24, 2.45) is 5.73 Å². The Morgan fingerprint density at radius 3 is 2.42 bits per heavy atom. The van der Waals surface area contributed by atoms with Crippen molar-refractivity contribution >= 4 is 40.6 Å². The van der Waals surface area contributed by atoms with Crippen LogP contribution in [-0.4, -0.2) is 17.1 Å². The number of urea groups is 1. The molecule has 98 valence electrons. The highest BCUT2D eigenvalue weighted by molar-refractivity contribution is 7.18. The molecule has 7 heteroatoms. The van der Waals surface area contributed by atoms with Crippen molar-refractivity contribution in [3.05, 3.63) is 40.2 Å². The number of carbonyl (C=O) groups excluding carboxylic acids is 1. The van der Waals surface area contributed by atoms with Crippen molar-refractivity contribution in [1.29, 1.82) is 0 Å². The first-order valence-corrected chi connectivity index (χ1v) is 6.36. The van der Waals surface area contributed by atoms with Crippen LogP contribution in [0.15, 0.2) is 30.3 Å². The Kier molecular flexibility index (Phi) is 3.73. The van der Waals surface area contributed by atoms with Gasteiger partial charge in [0, 0.05) is 9.90 Å². The molecule has 0 aliphatic rings. The summed E-state index contributed by atoms with van der Waals surface area (Å²) in [5.74, 6) is -1.12. The van der Waals surface area contributed by atoms with Crippen molar-refractivity contribution in [3.63, 3.8) is 0 Å². The Labute approximate surface area is 117 Å². The van der Waals surface area contributed by atoms with E-state index in [2.05, 4.69) is 5.32 Å². The Bertz CT molecular complexity index is 637. The van der Waals surface area contributed by atoms with Crippen molar-refractivity contribution in [2.75, 3.05) is 5.32 Å². The fraction of sp³-hybridized carbons (Fsp3) is 0. The lowest BCUT2D eigenvalue weighted by Gasteiger charge is -1.98. The van der Waals surface area contributed by atoms with Gasteiger partial charge in [-0.1, -0.05) is 23.7 Å². The number of halogens is 1. The topological polar surface area (TPSA) is 92.4 Å². The summed E-state index contributed by atoms with van der Waals surface area (Å²) < 4.78 is 0. The second kappa shape index (κ2) is 5.29. The summed E-state index contributed by atoms with van der Waals surface area (Å²) in [6, 6.07) is 7.73. The van der Waals surface area contributed by atoms with Crippen molar-refractivity contribution in [1.82, 2.24) is 0 Å². The number of hydrogen-bond donors (Lipinski definition) is 3. The van der Waals surface area contributed by atoms with Crippen LogP contribution in [0.1, 0.15) is 9.67 Å². The van der Waals surface area contributed by atoms with Crippen molar-refractivity contribution in [2.45, 2.75) is 0 Å². The van der Waals surface area contributed by atoms with Crippen LogP contribution in [0.3, 0.4) is 0 Å². The summed E-state index contributed by atoms with van der Waals surface area (Å²) in [5, 5.41) is 12.0. The molecule has 1 heterocycles. The summed E-state index contributed by atoms with van der Waals surface area (Å²) >= 11 is 6.85. The first-order chi connectivity index (χ1) is 8.97. The third-order valence-electron chi connectivity index (χ3n) is 2.31. The van der Waals surface area contributed by atoms with Gasteiger partial charge >= 0.3 is 12.0 Å². The molecular weight excluding hydrogens is 288 g/mol. The number of thiophene rings is 1. The highest BCUT2D eigenvalue weighted by atomic mass is 35.5. The van der Waals surface area contributed by atoms with Gasteiger partial charge in [-0.3, -0.25) is 0 Å². The SMILES string of the molecule is NC(=O)Nc1cc(-c2ccc(Cl)cc2)sc1C(=O)O. The average molecular weight is 297 g/mol. The third-order valence-corrected chi connectivity index (χ3v) is 3.74. The Balaban J connectivity index is 2.45. The van der Waals surface area contributed by atoms with Crippen LogP contribution in [-0.2, 0) is 0 Å². The van der Waals surface area contributed by atoms with E-state index in [1.165, 1.54) is 0 Å². The second-order valence-corrected chi connectivity index (χ2v) is 5.14. The molecule has 0 saturated heterocycles. The van der Waals surface area contributed by atoms with Gasteiger partial charge in [-0.2, -0.15) is 0 Å². The monoisotopic (exact) mass is 296 g/mol. The fourth-order valence-corrected chi connectivity index (χ4v) is 2.62.